The van der Waals surface area contributed by atoms with E-state index in [0.717, 1.165) is 0 Å². The van der Waals surface area contributed by atoms with Gasteiger partial charge in [-0.25, -0.2) is 13.1 Å². The lowest BCUT2D eigenvalue weighted by Crippen LogP contribution is -2.26. The average molecular weight is 317 g/mol. The van der Waals surface area contributed by atoms with Crippen LogP contribution in [0.4, 0.5) is 0 Å². The Hall–Kier alpha value is -0.000000000000000111. The molecule has 0 aliphatic rings. The first-order valence-electron chi connectivity index (χ1n) is 4.91. The highest BCUT2D eigenvalue weighted by molar-refractivity contribution is 7.89. The molecule has 0 aromatic heterocycles. The Morgan fingerprint density at radius 2 is 1.76 bits per heavy atom. The van der Waals surface area contributed by atoms with E-state index in [1.807, 2.05) is 0 Å². The second-order valence-electron chi connectivity index (χ2n) is 3.57. The number of halogens is 3. The van der Waals surface area contributed by atoms with E-state index in [-0.39, 0.29) is 26.9 Å². The summed E-state index contributed by atoms with van der Waals surface area (Å²) in [4.78, 5) is 0.0530. The van der Waals surface area contributed by atoms with E-state index in [1.165, 1.54) is 18.2 Å². The van der Waals surface area contributed by atoms with Crippen molar-refractivity contribution in [2.24, 2.45) is 0 Å². The fourth-order valence-corrected chi connectivity index (χ4v) is 3.04. The molecule has 1 rings (SSSR count). The van der Waals surface area contributed by atoms with Gasteiger partial charge in [-0.3, -0.25) is 0 Å². The Labute approximate surface area is 116 Å². The normalized spacial score (nSPS) is 13.6. The van der Waals surface area contributed by atoms with Crippen LogP contribution in [0.3, 0.4) is 0 Å². The van der Waals surface area contributed by atoms with Crippen LogP contribution in [-0.2, 0) is 10.0 Å². The first-order chi connectivity index (χ1) is 7.81. The van der Waals surface area contributed by atoms with Crippen LogP contribution < -0.4 is 4.72 Å². The highest BCUT2D eigenvalue weighted by Gasteiger charge is 2.15. The monoisotopic (exact) mass is 315 g/mol. The van der Waals surface area contributed by atoms with Gasteiger partial charge in [0.25, 0.3) is 0 Å². The number of benzene rings is 1. The lowest BCUT2D eigenvalue weighted by Gasteiger charge is -2.08. The largest absolute Gasteiger partial charge is 0.240 e. The Bertz CT molecular complexity index is 468. The number of rotatable bonds is 5. The van der Waals surface area contributed by atoms with Crippen molar-refractivity contribution < 1.29 is 8.42 Å². The zero-order valence-corrected chi connectivity index (χ0v) is 12.2. The molecule has 96 valence electrons. The molecule has 0 fully saturated rings. The number of nitrogens with one attached hydrogen (secondary N) is 1. The lowest BCUT2D eigenvalue weighted by atomic mass is 10.3. The van der Waals surface area contributed by atoms with Crippen LogP contribution in [0.25, 0.3) is 0 Å². The molecule has 17 heavy (non-hydrogen) atoms. The topological polar surface area (TPSA) is 46.2 Å². The summed E-state index contributed by atoms with van der Waals surface area (Å²) in [5.41, 5.74) is 0. The fourth-order valence-electron chi connectivity index (χ4n) is 1.16. The maximum absolute atomic E-state index is 11.8. The Morgan fingerprint density at radius 1 is 1.24 bits per heavy atom. The number of alkyl halides is 1. The van der Waals surface area contributed by atoms with Gasteiger partial charge in [0.1, 0.15) is 0 Å². The van der Waals surface area contributed by atoms with Gasteiger partial charge < -0.3 is 0 Å². The maximum atomic E-state index is 11.8. The van der Waals surface area contributed by atoms with E-state index in [1.54, 1.807) is 6.92 Å². The number of hydrogen-bond donors (Lipinski definition) is 1. The molecule has 1 atom stereocenters. The predicted molar refractivity (Wildman–Crippen MR) is 71.6 cm³/mol. The molecule has 0 aliphatic carbocycles. The summed E-state index contributed by atoms with van der Waals surface area (Å²) in [5.74, 6) is 0. The smallest absolute Gasteiger partial charge is 0.211 e. The summed E-state index contributed by atoms with van der Waals surface area (Å²) in [6, 6.07) is 4.17. The highest BCUT2D eigenvalue weighted by atomic mass is 35.5. The highest BCUT2D eigenvalue weighted by Crippen LogP contribution is 2.22. The minimum absolute atomic E-state index is 0.0530. The third-order valence-corrected chi connectivity index (χ3v) is 4.08. The number of sulfonamides is 1. The van der Waals surface area contributed by atoms with E-state index in [0.29, 0.717) is 6.42 Å². The van der Waals surface area contributed by atoms with Gasteiger partial charge in [-0.05, 0) is 31.5 Å². The zero-order valence-electron chi connectivity index (χ0n) is 9.08. The van der Waals surface area contributed by atoms with Crippen molar-refractivity contribution in [2.75, 3.05) is 6.54 Å². The molecule has 7 heteroatoms. The first-order valence-corrected chi connectivity index (χ1v) is 7.58. The summed E-state index contributed by atoms with van der Waals surface area (Å²) >= 11 is 17.2. The quantitative estimate of drug-likeness (QED) is 0.847. The van der Waals surface area contributed by atoms with Gasteiger partial charge in [-0.2, -0.15) is 0 Å². The molecule has 0 aliphatic heterocycles. The molecule has 0 bridgehead atoms. The van der Waals surface area contributed by atoms with Gasteiger partial charge in [-0.1, -0.05) is 23.2 Å². The van der Waals surface area contributed by atoms with Gasteiger partial charge in [0.2, 0.25) is 10.0 Å². The molecule has 0 radical (unpaired) electrons. The molecule has 0 amide bonds. The second kappa shape index (κ2) is 6.25. The molecule has 0 spiro atoms. The molecule has 1 N–H and O–H groups in total. The van der Waals surface area contributed by atoms with Crippen molar-refractivity contribution in [1.29, 1.82) is 0 Å². The minimum Gasteiger partial charge on any atom is -0.211 e. The third-order valence-electron chi connectivity index (χ3n) is 1.98. The molecular formula is C10H12Cl3NO2S. The van der Waals surface area contributed by atoms with Crippen LogP contribution in [0.2, 0.25) is 10.0 Å². The summed E-state index contributed by atoms with van der Waals surface area (Å²) in [7, 11) is -3.58. The Morgan fingerprint density at radius 3 is 2.24 bits per heavy atom. The fraction of sp³-hybridized carbons (Fsp3) is 0.400. The number of hydrogen-bond acceptors (Lipinski definition) is 2. The van der Waals surface area contributed by atoms with Crippen LogP contribution in [-0.4, -0.2) is 20.3 Å². The van der Waals surface area contributed by atoms with Gasteiger partial charge in [0, 0.05) is 22.0 Å². The van der Waals surface area contributed by atoms with Gasteiger partial charge in [0.15, 0.2) is 0 Å². The summed E-state index contributed by atoms with van der Waals surface area (Å²) in [6.07, 6.45) is 0.551. The van der Waals surface area contributed by atoms with Crippen molar-refractivity contribution >= 4 is 44.8 Å². The molecule has 0 saturated carbocycles. The summed E-state index contributed by atoms with van der Waals surface area (Å²) in [6.45, 7) is 2.07. The maximum Gasteiger partial charge on any atom is 0.240 e. The lowest BCUT2D eigenvalue weighted by molar-refractivity contribution is 0.579. The molecule has 1 aromatic rings. The predicted octanol–water partition coefficient (Wildman–Crippen LogP) is 3.29. The first kappa shape index (κ1) is 15.1. The molecule has 0 heterocycles. The Kier molecular flexibility index (Phi) is 5.54. The van der Waals surface area contributed by atoms with Crippen molar-refractivity contribution in [3.63, 3.8) is 0 Å². The molecule has 3 nitrogen and oxygen atoms in total. The summed E-state index contributed by atoms with van der Waals surface area (Å²) in [5, 5.41) is 0.479. The van der Waals surface area contributed by atoms with Crippen molar-refractivity contribution in [1.82, 2.24) is 4.72 Å². The SMILES string of the molecule is CC(Cl)CCNS(=O)(=O)c1cc(Cl)cc(Cl)c1. The third kappa shape index (κ3) is 5.02. The second-order valence-corrected chi connectivity index (χ2v) is 6.96. The van der Waals surface area contributed by atoms with Crippen LogP contribution in [0, 0.1) is 0 Å². The van der Waals surface area contributed by atoms with Gasteiger partial charge in [-0.15, -0.1) is 11.6 Å². The van der Waals surface area contributed by atoms with Crippen LogP contribution in [0.5, 0.6) is 0 Å². The van der Waals surface area contributed by atoms with E-state index < -0.39 is 10.0 Å². The summed E-state index contributed by atoms with van der Waals surface area (Å²) < 4.78 is 26.1. The average Bonchev–Trinajstić information content (AvgIpc) is 2.14. The van der Waals surface area contributed by atoms with Crippen molar-refractivity contribution in [3.8, 4) is 0 Å². The molecule has 1 aromatic carbocycles. The molecule has 0 saturated heterocycles. The Balaban J connectivity index is 2.82. The van der Waals surface area contributed by atoms with Crippen molar-refractivity contribution in [3.05, 3.63) is 28.2 Å². The van der Waals surface area contributed by atoms with Gasteiger partial charge in [0.05, 0.1) is 4.90 Å². The van der Waals surface area contributed by atoms with E-state index >= 15 is 0 Å². The van der Waals surface area contributed by atoms with Crippen LogP contribution in [0.15, 0.2) is 23.1 Å². The minimum atomic E-state index is -3.58. The standard InChI is InChI=1S/C10H12Cl3NO2S/c1-7(11)2-3-14-17(15,16)10-5-8(12)4-9(13)6-10/h4-7,14H,2-3H2,1H3. The van der Waals surface area contributed by atoms with Crippen LogP contribution in [0.1, 0.15) is 13.3 Å². The van der Waals surface area contributed by atoms with Crippen LogP contribution >= 0.6 is 34.8 Å². The molecular weight excluding hydrogens is 305 g/mol. The van der Waals surface area contributed by atoms with Gasteiger partial charge >= 0.3 is 0 Å². The van der Waals surface area contributed by atoms with E-state index in [4.69, 9.17) is 34.8 Å². The zero-order chi connectivity index (χ0) is 13.1. The molecule has 1 unspecified atom stereocenters. The van der Waals surface area contributed by atoms with Crippen molar-refractivity contribution in [2.45, 2.75) is 23.6 Å². The van der Waals surface area contributed by atoms with E-state index in [2.05, 4.69) is 4.72 Å². The van der Waals surface area contributed by atoms with E-state index in [9.17, 15) is 8.42 Å².